The lowest BCUT2D eigenvalue weighted by Gasteiger charge is -2.33. The third-order valence-corrected chi connectivity index (χ3v) is 7.26. The lowest BCUT2D eigenvalue weighted by atomic mass is 10.1. The molecule has 0 aliphatic carbocycles. The standard InChI is InChI=1S/C28H28N5S2.ClH/c1-33(17-22-11-5-2-6-12-22,18-25-20-34-27(31-25)29-23-13-7-3-8-14-23)19-26-21-35-28(32-26)30-24-15-9-4-10-16-24;/h2-16,20-21H,17-19H2,1H3,(H,29,31)(H,30,32);1H/q+1;/p-1. The van der Waals surface area contributed by atoms with E-state index in [1.165, 1.54) is 5.56 Å². The maximum Gasteiger partial charge on any atom is 0.187 e. The fourth-order valence-electron chi connectivity index (χ4n) is 4.14. The highest BCUT2D eigenvalue weighted by Crippen LogP contribution is 2.28. The SMILES string of the molecule is C[N+](Cc1ccccc1)(Cc1csc(Nc2ccccc2)n1)Cc1csc(Nc2ccccc2)n1.[Cl-]. The van der Waals surface area contributed by atoms with E-state index >= 15 is 0 Å². The molecule has 36 heavy (non-hydrogen) atoms. The summed E-state index contributed by atoms with van der Waals surface area (Å²) in [5.74, 6) is 0. The Morgan fingerprint density at radius 2 is 1.03 bits per heavy atom. The van der Waals surface area contributed by atoms with Crippen molar-refractivity contribution in [2.24, 2.45) is 0 Å². The Labute approximate surface area is 226 Å². The van der Waals surface area contributed by atoms with Gasteiger partial charge < -0.3 is 27.5 Å². The Hall–Kier alpha value is -3.23. The Balaban J connectivity index is 0.00000304. The van der Waals surface area contributed by atoms with E-state index in [2.05, 4.69) is 83.0 Å². The van der Waals surface area contributed by atoms with Crippen LogP contribution in [-0.4, -0.2) is 21.5 Å². The van der Waals surface area contributed by atoms with E-state index in [-0.39, 0.29) is 12.4 Å². The van der Waals surface area contributed by atoms with Gasteiger partial charge in [-0.2, -0.15) is 0 Å². The van der Waals surface area contributed by atoms with Gasteiger partial charge in [0.05, 0.1) is 7.05 Å². The minimum atomic E-state index is 0. The van der Waals surface area contributed by atoms with Crippen LogP contribution in [0.2, 0.25) is 0 Å². The van der Waals surface area contributed by atoms with Crippen molar-refractivity contribution >= 4 is 44.3 Å². The third kappa shape index (κ3) is 7.15. The molecule has 0 unspecified atom stereocenters. The monoisotopic (exact) mass is 533 g/mol. The van der Waals surface area contributed by atoms with Crippen molar-refractivity contribution in [2.45, 2.75) is 19.6 Å². The molecule has 3 aromatic carbocycles. The van der Waals surface area contributed by atoms with Gasteiger partial charge in [0.2, 0.25) is 0 Å². The molecule has 0 bridgehead atoms. The number of hydrogen-bond acceptors (Lipinski definition) is 6. The van der Waals surface area contributed by atoms with E-state index in [0.29, 0.717) is 0 Å². The molecule has 0 amide bonds. The molecule has 0 saturated heterocycles. The van der Waals surface area contributed by atoms with Crippen LogP contribution in [0.5, 0.6) is 0 Å². The van der Waals surface area contributed by atoms with Crippen LogP contribution in [0.4, 0.5) is 21.6 Å². The number of thiazole rings is 2. The number of hydrogen-bond donors (Lipinski definition) is 2. The minimum absolute atomic E-state index is 0. The number of nitrogens with zero attached hydrogens (tertiary/aromatic N) is 3. The number of quaternary nitrogens is 1. The van der Waals surface area contributed by atoms with Gasteiger partial charge in [0.15, 0.2) is 10.3 Å². The molecule has 2 aromatic heterocycles. The summed E-state index contributed by atoms with van der Waals surface area (Å²) in [7, 11) is 2.29. The van der Waals surface area contributed by atoms with Crippen LogP contribution in [0.25, 0.3) is 0 Å². The third-order valence-electron chi connectivity index (χ3n) is 5.65. The summed E-state index contributed by atoms with van der Waals surface area (Å²) in [6.45, 7) is 2.54. The molecule has 2 heterocycles. The zero-order valence-corrected chi connectivity index (χ0v) is 22.4. The second-order valence-electron chi connectivity index (χ2n) is 8.85. The predicted octanol–water partition coefficient (Wildman–Crippen LogP) is 4.44. The summed E-state index contributed by atoms with van der Waals surface area (Å²) < 4.78 is 0.785. The molecular formula is C28H28ClN5S2. The molecule has 0 radical (unpaired) electrons. The molecule has 8 heteroatoms. The molecule has 2 N–H and O–H groups in total. The first-order valence-electron chi connectivity index (χ1n) is 11.5. The highest BCUT2D eigenvalue weighted by atomic mass is 35.5. The molecule has 5 nitrogen and oxygen atoms in total. The van der Waals surface area contributed by atoms with Gasteiger partial charge in [-0.3, -0.25) is 0 Å². The van der Waals surface area contributed by atoms with E-state index in [4.69, 9.17) is 9.97 Å². The quantitative estimate of drug-likeness (QED) is 0.261. The zero-order chi connectivity index (χ0) is 23.9. The van der Waals surface area contributed by atoms with Crippen LogP contribution >= 0.6 is 22.7 Å². The van der Waals surface area contributed by atoms with E-state index in [9.17, 15) is 0 Å². The number of nitrogens with one attached hydrogen (secondary N) is 2. The van der Waals surface area contributed by atoms with Crippen molar-refractivity contribution in [1.29, 1.82) is 0 Å². The number of halogens is 1. The first kappa shape index (κ1) is 25.9. The van der Waals surface area contributed by atoms with Gasteiger partial charge >= 0.3 is 0 Å². The zero-order valence-electron chi connectivity index (χ0n) is 20.0. The van der Waals surface area contributed by atoms with Gasteiger partial charge in [-0.15, -0.1) is 22.7 Å². The molecule has 0 fully saturated rings. The summed E-state index contributed by atoms with van der Waals surface area (Å²) in [5.41, 5.74) is 5.59. The molecular weight excluding hydrogens is 506 g/mol. The fraction of sp³-hybridized carbons (Fsp3) is 0.143. The first-order valence-corrected chi connectivity index (χ1v) is 13.3. The lowest BCUT2D eigenvalue weighted by Crippen LogP contribution is -3.00. The van der Waals surface area contributed by atoms with Gasteiger partial charge in [0.1, 0.15) is 31.0 Å². The fourth-order valence-corrected chi connectivity index (χ4v) is 5.58. The van der Waals surface area contributed by atoms with Crippen LogP contribution in [0.1, 0.15) is 17.0 Å². The van der Waals surface area contributed by atoms with Crippen LogP contribution < -0.4 is 23.0 Å². The minimum Gasteiger partial charge on any atom is -1.00 e. The predicted molar refractivity (Wildman–Crippen MR) is 147 cm³/mol. The number of aromatic nitrogens is 2. The highest BCUT2D eigenvalue weighted by molar-refractivity contribution is 7.14. The molecule has 0 atom stereocenters. The molecule has 5 rings (SSSR count). The van der Waals surface area contributed by atoms with Crippen LogP contribution in [0.15, 0.2) is 102 Å². The smallest absolute Gasteiger partial charge is 0.187 e. The maximum absolute atomic E-state index is 4.90. The molecule has 0 aliphatic heterocycles. The second kappa shape index (κ2) is 12.1. The van der Waals surface area contributed by atoms with Gasteiger partial charge in [-0.1, -0.05) is 66.7 Å². The average Bonchev–Trinajstić information content (AvgIpc) is 3.49. The highest BCUT2D eigenvalue weighted by Gasteiger charge is 2.26. The summed E-state index contributed by atoms with van der Waals surface area (Å²) in [5, 5.41) is 13.0. The van der Waals surface area contributed by atoms with Crippen LogP contribution in [0.3, 0.4) is 0 Å². The summed E-state index contributed by atoms with van der Waals surface area (Å²) in [4.78, 5) is 9.79. The van der Waals surface area contributed by atoms with Crippen molar-refractivity contribution in [2.75, 3.05) is 17.7 Å². The normalized spacial score (nSPS) is 11.0. The molecule has 184 valence electrons. The summed E-state index contributed by atoms with van der Waals surface area (Å²) in [6, 6.07) is 31.0. The Morgan fingerprint density at radius 1 is 0.611 bits per heavy atom. The van der Waals surface area contributed by atoms with Gasteiger partial charge in [-0.25, -0.2) is 9.97 Å². The topological polar surface area (TPSA) is 49.8 Å². The second-order valence-corrected chi connectivity index (χ2v) is 10.6. The number of rotatable bonds is 10. The molecule has 0 aliphatic rings. The van der Waals surface area contributed by atoms with Crippen molar-refractivity contribution in [3.05, 3.63) is 119 Å². The van der Waals surface area contributed by atoms with Gasteiger partial charge in [0.25, 0.3) is 0 Å². The van der Waals surface area contributed by atoms with E-state index in [1.54, 1.807) is 22.7 Å². The Bertz CT molecular complexity index is 1260. The largest absolute Gasteiger partial charge is 1.00 e. The first-order chi connectivity index (χ1) is 17.1. The van der Waals surface area contributed by atoms with E-state index in [0.717, 1.165) is 57.1 Å². The van der Waals surface area contributed by atoms with Gasteiger partial charge in [-0.05, 0) is 24.3 Å². The summed E-state index contributed by atoms with van der Waals surface area (Å²) in [6.07, 6.45) is 0. The average molecular weight is 534 g/mol. The van der Waals surface area contributed by atoms with Crippen LogP contribution in [-0.2, 0) is 19.6 Å². The van der Waals surface area contributed by atoms with Crippen molar-refractivity contribution in [3.63, 3.8) is 0 Å². The Kier molecular flexibility index (Phi) is 8.72. The number of anilines is 4. The number of benzene rings is 3. The number of para-hydroxylation sites is 2. The van der Waals surface area contributed by atoms with E-state index < -0.39 is 0 Å². The van der Waals surface area contributed by atoms with E-state index in [1.807, 2.05) is 36.4 Å². The Morgan fingerprint density at radius 3 is 1.47 bits per heavy atom. The van der Waals surface area contributed by atoms with Gasteiger partial charge in [0, 0.05) is 27.7 Å². The molecule has 0 spiro atoms. The molecule has 0 saturated carbocycles. The maximum atomic E-state index is 4.90. The molecule has 5 aromatic rings. The van der Waals surface area contributed by atoms with Crippen molar-refractivity contribution in [1.82, 2.24) is 9.97 Å². The van der Waals surface area contributed by atoms with Crippen molar-refractivity contribution < 1.29 is 16.9 Å². The lowest BCUT2D eigenvalue weighted by molar-refractivity contribution is -0.948. The van der Waals surface area contributed by atoms with Crippen LogP contribution in [0, 0.1) is 0 Å². The summed E-state index contributed by atoms with van der Waals surface area (Å²) >= 11 is 3.29. The van der Waals surface area contributed by atoms with Crippen molar-refractivity contribution in [3.8, 4) is 0 Å².